The molecule has 0 unspecified atom stereocenters. The average molecular weight is 266 g/mol. The van der Waals surface area contributed by atoms with E-state index >= 15 is 0 Å². The molecule has 0 fully saturated rings. The summed E-state index contributed by atoms with van der Waals surface area (Å²) < 4.78 is 30.9. The summed E-state index contributed by atoms with van der Waals surface area (Å²) in [6, 6.07) is 0.589. The Balaban J connectivity index is 4.30. The molecule has 4 nitrogen and oxygen atoms in total. The normalized spacial score (nSPS) is 13.3. The van der Waals surface area contributed by atoms with Gasteiger partial charge in [0, 0.05) is 6.42 Å². The van der Waals surface area contributed by atoms with E-state index in [0.29, 0.717) is 12.5 Å². The van der Waals surface area contributed by atoms with Crippen molar-refractivity contribution in [1.29, 1.82) is 0 Å². The molecule has 0 spiro atoms. The highest BCUT2D eigenvalue weighted by Gasteiger charge is 2.26. The van der Waals surface area contributed by atoms with E-state index in [0.717, 1.165) is 23.9 Å². The molecular formula is C12H28NO3S+. The molecular weight excluding hydrogens is 238 g/mol. The van der Waals surface area contributed by atoms with Crippen LogP contribution in [0.4, 0.5) is 0 Å². The van der Waals surface area contributed by atoms with E-state index in [1.165, 1.54) is 12.8 Å². The number of quaternary nitrogens is 1. The third-order valence-corrected chi connectivity index (χ3v) is 4.17. The van der Waals surface area contributed by atoms with E-state index in [9.17, 15) is 8.42 Å². The molecule has 0 radical (unpaired) electrons. The van der Waals surface area contributed by atoms with Crippen molar-refractivity contribution in [2.24, 2.45) is 0 Å². The maximum Gasteiger partial charge on any atom is 0.265 e. The zero-order valence-electron chi connectivity index (χ0n) is 11.6. The third-order valence-electron chi connectivity index (χ3n) is 3.37. The summed E-state index contributed by atoms with van der Waals surface area (Å²) in [6.45, 7) is 5.16. The average Bonchev–Trinajstić information content (AvgIpc) is 2.15. The number of nitrogens with zero attached hydrogens (tertiary/aromatic N) is 1. The van der Waals surface area contributed by atoms with Crippen LogP contribution >= 0.6 is 0 Å². The molecule has 0 rings (SSSR count). The monoisotopic (exact) mass is 266 g/mol. The maximum atomic E-state index is 10.7. The van der Waals surface area contributed by atoms with Crippen LogP contribution in [0.25, 0.3) is 0 Å². The Bertz CT molecular complexity index is 293. The molecule has 0 aliphatic rings. The molecule has 104 valence electrons. The van der Waals surface area contributed by atoms with E-state index in [-0.39, 0.29) is 5.75 Å². The number of rotatable bonds is 9. The molecule has 5 heteroatoms. The van der Waals surface area contributed by atoms with Gasteiger partial charge in [-0.15, -0.1) is 0 Å². The highest BCUT2D eigenvalue weighted by molar-refractivity contribution is 7.85. The van der Waals surface area contributed by atoms with Crippen molar-refractivity contribution in [2.75, 3.05) is 26.4 Å². The Morgan fingerprint density at radius 1 is 1.12 bits per heavy atom. The summed E-state index contributed by atoms with van der Waals surface area (Å²) in [6.07, 6.45) is 5.19. The Morgan fingerprint density at radius 2 is 1.59 bits per heavy atom. The Morgan fingerprint density at radius 3 is 1.94 bits per heavy atom. The van der Waals surface area contributed by atoms with Crippen LogP contribution in [-0.4, -0.2) is 49.9 Å². The van der Waals surface area contributed by atoms with Crippen LogP contribution in [0.1, 0.15) is 46.0 Å². The van der Waals surface area contributed by atoms with Crippen LogP contribution in [0.5, 0.6) is 0 Å². The van der Waals surface area contributed by atoms with Gasteiger partial charge in [-0.3, -0.25) is 4.55 Å². The van der Waals surface area contributed by atoms with Crippen molar-refractivity contribution in [2.45, 2.75) is 52.0 Å². The molecule has 1 N–H and O–H groups in total. The fraction of sp³-hybridized carbons (Fsp3) is 1.00. The smallest absolute Gasteiger partial charge is 0.265 e. The van der Waals surface area contributed by atoms with Gasteiger partial charge in [0.2, 0.25) is 0 Å². The Labute approximate surface area is 106 Å². The van der Waals surface area contributed by atoms with Gasteiger partial charge in [0.15, 0.2) is 0 Å². The SMILES string of the molecule is CCCC(CCC)[N+](C)(C)CCCS(=O)(=O)O. The van der Waals surface area contributed by atoms with E-state index < -0.39 is 10.1 Å². The molecule has 0 heterocycles. The van der Waals surface area contributed by atoms with Gasteiger partial charge in [0.1, 0.15) is 0 Å². The van der Waals surface area contributed by atoms with Gasteiger partial charge in [-0.2, -0.15) is 8.42 Å². The lowest BCUT2D eigenvalue weighted by molar-refractivity contribution is -0.915. The van der Waals surface area contributed by atoms with Crippen molar-refractivity contribution in [1.82, 2.24) is 0 Å². The maximum absolute atomic E-state index is 10.7. The first kappa shape index (κ1) is 16.9. The lowest BCUT2D eigenvalue weighted by atomic mass is 10.0. The summed E-state index contributed by atoms with van der Waals surface area (Å²) in [4.78, 5) is 0. The topological polar surface area (TPSA) is 54.4 Å². The van der Waals surface area contributed by atoms with Crippen molar-refractivity contribution in [3.8, 4) is 0 Å². The molecule has 0 aromatic heterocycles. The van der Waals surface area contributed by atoms with Gasteiger partial charge < -0.3 is 4.48 Å². The van der Waals surface area contributed by atoms with Crippen molar-refractivity contribution >= 4 is 10.1 Å². The molecule has 0 aliphatic heterocycles. The van der Waals surface area contributed by atoms with Crippen molar-refractivity contribution in [3.63, 3.8) is 0 Å². The first-order valence-electron chi connectivity index (χ1n) is 6.50. The predicted molar refractivity (Wildman–Crippen MR) is 71.6 cm³/mol. The van der Waals surface area contributed by atoms with Gasteiger partial charge >= 0.3 is 0 Å². The largest absolute Gasteiger partial charge is 0.326 e. The van der Waals surface area contributed by atoms with Crippen molar-refractivity contribution in [3.05, 3.63) is 0 Å². The van der Waals surface area contributed by atoms with Crippen LogP contribution in [0.15, 0.2) is 0 Å². The molecule has 17 heavy (non-hydrogen) atoms. The van der Waals surface area contributed by atoms with Crippen LogP contribution in [0.2, 0.25) is 0 Å². The molecule has 0 amide bonds. The molecule has 0 aliphatic carbocycles. The lowest BCUT2D eigenvalue weighted by Gasteiger charge is -2.38. The minimum absolute atomic E-state index is 0.125. The minimum Gasteiger partial charge on any atom is -0.326 e. The molecule has 0 saturated carbocycles. The third kappa shape index (κ3) is 7.73. The number of hydrogen-bond donors (Lipinski definition) is 1. The van der Waals surface area contributed by atoms with Gasteiger partial charge in [-0.05, 0) is 12.8 Å². The van der Waals surface area contributed by atoms with Crippen LogP contribution in [0, 0.1) is 0 Å². The molecule has 0 aromatic rings. The van der Waals surface area contributed by atoms with Gasteiger partial charge in [-0.25, -0.2) is 0 Å². The summed E-state index contributed by atoms with van der Waals surface area (Å²) >= 11 is 0. The highest BCUT2D eigenvalue weighted by atomic mass is 32.2. The van der Waals surface area contributed by atoms with Gasteiger partial charge in [0.05, 0.1) is 32.4 Å². The summed E-state index contributed by atoms with van der Waals surface area (Å²) in [5.41, 5.74) is 0. The van der Waals surface area contributed by atoms with Crippen LogP contribution < -0.4 is 0 Å². The Hall–Kier alpha value is -0.130. The summed E-state index contributed by atoms with van der Waals surface area (Å²) in [5, 5.41) is 0. The minimum atomic E-state index is -3.81. The van der Waals surface area contributed by atoms with E-state index in [4.69, 9.17) is 4.55 Å². The molecule has 0 saturated heterocycles. The summed E-state index contributed by atoms with van der Waals surface area (Å²) in [7, 11) is 0.499. The standard InChI is InChI=1S/C12H27NO3S/c1-5-8-12(9-6-2)13(3,4)10-7-11-17(14,15)16/h12H,5-11H2,1-4H3/p+1. The highest BCUT2D eigenvalue weighted by Crippen LogP contribution is 2.18. The molecule has 0 bridgehead atoms. The van der Waals surface area contributed by atoms with E-state index in [1.807, 2.05) is 0 Å². The zero-order valence-corrected chi connectivity index (χ0v) is 12.5. The zero-order chi connectivity index (χ0) is 13.5. The first-order chi connectivity index (χ1) is 7.73. The van der Waals surface area contributed by atoms with Gasteiger partial charge in [0.25, 0.3) is 10.1 Å². The van der Waals surface area contributed by atoms with E-state index in [1.54, 1.807) is 0 Å². The fourth-order valence-corrected chi connectivity index (χ4v) is 2.84. The van der Waals surface area contributed by atoms with Crippen molar-refractivity contribution < 1.29 is 17.5 Å². The Kier molecular flexibility index (Phi) is 7.28. The van der Waals surface area contributed by atoms with Crippen LogP contribution in [0.3, 0.4) is 0 Å². The first-order valence-corrected chi connectivity index (χ1v) is 8.11. The molecule has 0 atom stereocenters. The van der Waals surface area contributed by atoms with Gasteiger partial charge in [-0.1, -0.05) is 26.7 Å². The fourth-order valence-electron chi connectivity index (χ4n) is 2.35. The second-order valence-electron chi connectivity index (χ2n) is 5.37. The second kappa shape index (κ2) is 7.34. The predicted octanol–water partition coefficient (Wildman–Crippen LogP) is 2.31. The second-order valence-corrected chi connectivity index (χ2v) is 6.95. The summed E-state index contributed by atoms with van der Waals surface area (Å²) in [5.74, 6) is -0.125. The molecule has 0 aromatic carbocycles. The number of hydrogen-bond acceptors (Lipinski definition) is 2. The lowest BCUT2D eigenvalue weighted by Crippen LogP contribution is -2.49. The van der Waals surface area contributed by atoms with Crippen LogP contribution in [-0.2, 0) is 10.1 Å². The van der Waals surface area contributed by atoms with E-state index in [2.05, 4.69) is 27.9 Å². The quantitative estimate of drug-likeness (QED) is 0.514.